The summed E-state index contributed by atoms with van der Waals surface area (Å²) >= 11 is 6.13. The van der Waals surface area contributed by atoms with Crippen LogP contribution in [-0.4, -0.2) is 21.7 Å². The monoisotopic (exact) mass is 295 g/mol. The number of carbonyl (C=O) groups is 1. The molecule has 110 valence electrons. The van der Waals surface area contributed by atoms with Gasteiger partial charge in [-0.05, 0) is 25.8 Å². The highest BCUT2D eigenvalue weighted by atomic mass is 35.5. The number of aryl methyl sites for hydroxylation is 2. The minimum absolute atomic E-state index is 0.0452. The zero-order valence-corrected chi connectivity index (χ0v) is 12.9. The molecule has 0 radical (unpaired) electrons. The van der Waals surface area contributed by atoms with Crippen LogP contribution in [-0.2, 0) is 11.8 Å². The average Bonchev–Trinajstić information content (AvgIpc) is 2.62. The average molecular weight is 296 g/mol. The first kappa shape index (κ1) is 15.1. The quantitative estimate of drug-likeness (QED) is 0.687. The van der Waals surface area contributed by atoms with E-state index >= 15 is 0 Å². The van der Waals surface area contributed by atoms with Gasteiger partial charge in [-0.3, -0.25) is 9.48 Å². The van der Waals surface area contributed by atoms with Crippen molar-refractivity contribution in [3.63, 3.8) is 0 Å². The molecule has 20 heavy (non-hydrogen) atoms. The van der Waals surface area contributed by atoms with Crippen molar-refractivity contribution < 1.29 is 4.79 Å². The van der Waals surface area contributed by atoms with Crippen LogP contribution in [0, 0.1) is 6.92 Å². The fourth-order valence-corrected chi connectivity index (χ4v) is 2.91. The Kier molecular flexibility index (Phi) is 5.24. The Hall–Kier alpha value is -1.29. The molecule has 0 atom stereocenters. The van der Waals surface area contributed by atoms with Crippen LogP contribution in [0.2, 0.25) is 5.15 Å². The van der Waals surface area contributed by atoms with Gasteiger partial charge in [-0.2, -0.15) is 5.10 Å². The van der Waals surface area contributed by atoms with Gasteiger partial charge in [0, 0.05) is 24.7 Å². The van der Waals surface area contributed by atoms with Gasteiger partial charge in [0.25, 0.3) is 0 Å². The lowest BCUT2D eigenvalue weighted by molar-refractivity contribution is -0.117. The number of halogens is 1. The van der Waals surface area contributed by atoms with Crippen LogP contribution in [0.25, 0.3) is 6.08 Å². The van der Waals surface area contributed by atoms with E-state index in [-0.39, 0.29) is 5.91 Å². The SMILES string of the molecule is Cc1nn(C)c(Cl)c1/C=C/C(=O)NC1CCCCCC1. The third-order valence-corrected chi connectivity index (χ3v) is 4.25. The van der Waals surface area contributed by atoms with Gasteiger partial charge in [0.1, 0.15) is 5.15 Å². The summed E-state index contributed by atoms with van der Waals surface area (Å²) in [4.78, 5) is 12.0. The maximum Gasteiger partial charge on any atom is 0.244 e. The summed E-state index contributed by atoms with van der Waals surface area (Å²) in [6, 6.07) is 0.320. The lowest BCUT2D eigenvalue weighted by Gasteiger charge is -2.14. The summed E-state index contributed by atoms with van der Waals surface area (Å²) < 4.78 is 1.61. The Balaban J connectivity index is 1.94. The number of nitrogens with zero attached hydrogens (tertiary/aromatic N) is 2. The van der Waals surface area contributed by atoms with Crippen LogP contribution in [0.3, 0.4) is 0 Å². The zero-order valence-electron chi connectivity index (χ0n) is 12.2. The highest BCUT2D eigenvalue weighted by Gasteiger charge is 2.14. The van der Waals surface area contributed by atoms with E-state index in [0.29, 0.717) is 11.2 Å². The van der Waals surface area contributed by atoms with Crippen LogP contribution in [0.5, 0.6) is 0 Å². The Morgan fingerprint density at radius 3 is 2.55 bits per heavy atom. The lowest BCUT2D eigenvalue weighted by atomic mass is 10.1. The first-order chi connectivity index (χ1) is 9.58. The number of hydrogen-bond acceptors (Lipinski definition) is 2. The molecule has 0 bridgehead atoms. The Morgan fingerprint density at radius 2 is 2.00 bits per heavy atom. The molecule has 1 heterocycles. The van der Waals surface area contributed by atoms with E-state index in [0.717, 1.165) is 24.1 Å². The highest BCUT2D eigenvalue weighted by Crippen LogP contribution is 2.20. The summed E-state index contributed by atoms with van der Waals surface area (Å²) in [5.41, 5.74) is 1.64. The molecule has 0 unspecified atom stereocenters. The van der Waals surface area contributed by atoms with Crippen molar-refractivity contribution in [1.29, 1.82) is 0 Å². The Labute approximate surface area is 125 Å². The van der Waals surface area contributed by atoms with Gasteiger partial charge in [-0.1, -0.05) is 37.3 Å². The van der Waals surface area contributed by atoms with Gasteiger partial charge in [0.2, 0.25) is 5.91 Å². The molecule has 0 aromatic carbocycles. The van der Waals surface area contributed by atoms with Gasteiger partial charge in [0.15, 0.2) is 0 Å². The van der Waals surface area contributed by atoms with E-state index < -0.39 is 0 Å². The van der Waals surface area contributed by atoms with Gasteiger partial charge < -0.3 is 5.32 Å². The second kappa shape index (κ2) is 6.93. The molecule has 2 rings (SSSR count). The molecule has 1 saturated carbocycles. The van der Waals surface area contributed by atoms with Crippen LogP contribution in [0.4, 0.5) is 0 Å². The third kappa shape index (κ3) is 3.85. The summed E-state index contributed by atoms with van der Waals surface area (Å²) in [5, 5.41) is 7.85. The fraction of sp³-hybridized carbons (Fsp3) is 0.600. The third-order valence-electron chi connectivity index (χ3n) is 3.80. The smallest absolute Gasteiger partial charge is 0.244 e. The summed E-state index contributed by atoms with van der Waals surface area (Å²) in [6.45, 7) is 1.88. The Bertz CT molecular complexity index is 499. The van der Waals surface area contributed by atoms with E-state index in [1.165, 1.54) is 25.7 Å². The minimum atomic E-state index is -0.0452. The van der Waals surface area contributed by atoms with Gasteiger partial charge >= 0.3 is 0 Å². The molecule has 1 aliphatic rings. The predicted molar refractivity (Wildman–Crippen MR) is 81.6 cm³/mol. The summed E-state index contributed by atoms with van der Waals surface area (Å²) in [5.74, 6) is -0.0452. The molecular weight excluding hydrogens is 274 g/mol. The maximum atomic E-state index is 12.0. The molecule has 1 aliphatic carbocycles. The molecule has 0 aliphatic heterocycles. The molecular formula is C15H22ClN3O. The minimum Gasteiger partial charge on any atom is -0.350 e. The molecule has 1 amide bonds. The van der Waals surface area contributed by atoms with E-state index in [2.05, 4.69) is 10.4 Å². The Morgan fingerprint density at radius 1 is 1.35 bits per heavy atom. The van der Waals surface area contributed by atoms with Crippen LogP contribution >= 0.6 is 11.6 Å². The van der Waals surface area contributed by atoms with Crippen molar-refractivity contribution in [1.82, 2.24) is 15.1 Å². The van der Waals surface area contributed by atoms with Crippen molar-refractivity contribution in [2.45, 2.75) is 51.5 Å². The van der Waals surface area contributed by atoms with Crippen LogP contribution in [0.15, 0.2) is 6.08 Å². The summed E-state index contributed by atoms with van der Waals surface area (Å²) in [7, 11) is 1.79. The van der Waals surface area contributed by atoms with Crippen LogP contribution in [0.1, 0.15) is 49.8 Å². The van der Waals surface area contributed by atoms with Gasteiger partial charge in [-0.25, -0.2) is 0 Å². The highest BCUT2D eigenvalue weighted by molar-refractivity contribution is 6.31. The van der Waals surface area contributed by atoms with E-state index in [9.17, 15) is 4.79 Å². The molecule has 0 spiro atoms. The number of amides is 1. The zero-order chi connectivity index (χ0) is 14.5. The van der Waals surface area contributed by atoms with E-state index in [1.54, 1.807) is 23.9 Å². The second-order valence-corrected chi connectivity index (χ2v) is 5.80. The molecule has 1 aromatic rings. The standard InChI is InChI=1S/C15H22ClN3O/c1-11-13(15(16)19(2)18-11)9-10-14(20)17-12-7-5-3-4-6-8-12/h9-10,12H,3-8H2,1-2H3,(H,17,20)/b10-9+. The summed E-state index contributed by atoms with van der Waals surface area (Å²) in [6.07, 6.45) is 10.5. The van der Waals surface area contributed by atoms with Crippen molar-refractivity contribution in [2.24, 2.45) is 7.05 Å². The predicted octanol–water partition coefficient (Wildman–Crippen LogP) is 3.23. The number of hydrogen-bond donors (Lipinski definition) is 1. The van der Waals surface area contributed by atoms with Crippen LogP contribution < -0.4 is 5.32 Å². The molecule has 4 nitrogen and oxygen atoms in total. The van der Waals surface area contributed by atoms with Gasteiger partial charge in [0.05, 0.1) is 5.69 Å². The number of carbonyl (C=O) groups excluding carboxylic acids is 1. The van der Waals surface area contributed by atoms with Crippen molar-refractivity contribution in [3.05, 3.63) is 22.5 Å². The van der Waals surface area contributed by atoms with Crippen molar-refractivity contribution >= 4 is 23.6 Å². The van der Waals surface area contributed by atoms with Crippen molar-refractivity contribution in [3.8, 4) is 0 Å². The normalized spacial score (nSPS) is 17.4. The first-order valence-electron chi connectivity index (χ1n) is 7.25. The topological polar surface area (TPSA) is 46.9 Å². The molecule has 1 aromatic heterocycles. The maximum absolute atomic E-state index is 12.0. The molecule has 1 N–H and O–H groups in total. The number of nitrogens with one attached hydrogen (secondary N) is 1. The van der Waals surface area contributed by atoms with E-state index in [1.807, 2.05) is 6.92 Å². The van der Waals surface area contributed by atoms with Crippen molar-refractivity contribution in [2.75, 3.05) is 0 Å². The molecule has 5 heteroatoms. The second-order valence-electron chi connectivity index (χ2n) is 5.44. The molecule has 0 saturated heterocycles. The number of aromatic nitrogens is 2. The molecule has 1 fully saturated rings. The lowest BCUT2D eigenvalue weighted by Crippen LogP contribution is -2.33. The largest absolute Gasteiger partial charge is 0.350 e. The fourth-order valence-electron chi connectivity index (χ4n) is 2.67. The van der Waals surface area contributed by atoms with Gasteiger partial charge in [-0.15, -0.1) is 0 Å². The first-order valence-corrected chi connectivity index (χ1v) is 7.63. The number of rotatable bonds is 3. The van der Waals surface area contributed by atoms with E-state index in [4.69, 9.17) is 11.6 Å².